The van der Waals surface area contributed by atoms with Crippen molar-refractivity contribution in [3.63, 3.8) is 0 Å². The zero-order chi connectivity index (χ0) is 11.0. The zero-order valence-electron chi connectivity index (χ0n) is 8.81. The minimum atomic E-state index is 0.425. The number of benzene rings is 1. The second-order valence-electron chi connectivity index (χ2n) is 4.13. The van der Waals surface area contributed by atoms with Crippen LogP contribution in [0.4, 0.5) is 0 Å². The van der Waals surface area contributed by atoms with Gasteiger partial charge in [-0.3, -0.25) is 0 Å². The molecule has 1 atom stereocenters. The van der Waals surface area contributed by atoms with Gasteiger partial charge < -0.3 is 4.57 Å². The van der Waals surface area contributed by atoms with Crippen LogP contribution in [0, 0.1) is 0 Å². The van der Waals surface area contributed by atoms with E-state index in [1.807, 2.05) is 4.57 Å². The summed E-state index contributed by atoms with van der Waals surface area (Å²) in [5.41, 5.74) is 2.92. The summed E-state index contributed by atoms with van der Waals surface area (Å²) < 4.78 is 2.05. The molecule has 1 aromatic carbocycles. The number of alkyl halides is 1. The molecule has 0 saturated heterocycles. The van der Waals surface area contributed by atoms with E-state index in [2.05, 4.69) is 34.5 Å². The molecule has 1 aliphatic carbocycles. The van der Waals surface area contributed by atoms with Crippen molar-refractivity contribution in [1.29, 1.82) is 0 Å². The van der Waals surface area contributed by atoms with Gasteiger partial charge in [0.1, 0.15) is 12.2 Å². The second-order valence-corrected chi connectivity index (χ2v) is 4.40. The van der Waals surface area contributed by atoms with Gasteiger partial charge in [-0.25, -0.2) is 0 Å². The number of hydrogen-bond acceptors (Lipinski definition) is 2. The molecule has 0 amide bonds. The highest BCUT2D eigenvalue weighted by Gasteiger charge is 2.26. The molecule has 1 heterocycles. The molecule has 0 spiro atoms. The van der Waals surface area contributed by atoms with Gasteiger partial charge in [0.25, 0.3) is 0 Å². The van der Waals surface area contributed by atoms with Gasteiger partial charge in [0, 0.05) is 12.5 Å². The van der Waals surface area contributed by atoms with Crippen molar-refractivity contribution in [3.05, 3.63) is 47.5 Å². The van der Waals surface area contributed by atoms with E-state index >= 15 is 0 Å². The third kappa shape index (κ3) is 1.52. The summed E-state index contributed by atoms with van der Waals surface area (Å²) in [4.78, 5) is 0. The molecule has 16 heavy (non-hydrogen) atoms. The number of rotatable bonds is 3. The predicted octanol–water partition coefficient (Wildman–Crippen LogP) is 2.36. The lowest BCUT2D eigenvalue weighted by Gasteiger charge is -2.30. The van der Waals surface area contributed by atoms with Crippen LogP contribution < -0.4 is 0 Å². The van der Waals surface area contributed by atoms with Gasteiger partial charge >= 0.3 is 0 Å². The molecule has 0 bridgehead atoms. The smallest absolute Gasteiger partial charge is 0.147 e. The van der Waals surface area contributed by atoms with Gasteiger partial charge in [0.15, 0.2) is 0 Å². The summed E-state index contributed by atoms with van der Waals surface area (Å²) >= 11 is 5.79. The van der Waals surface area contributed by atoms with Crippen molar-refractivity contribution in [2.24, 2.45) is 0 Å². The highest BCUT2D eigenvalue weighted by molar-refractivity contribution is 6.16. The third-order valence-corrected chi connectivity index (χ3v) is 3.43. The Bertz CT molecular complexity index is 506. The quantitative estimate of drug-likeness (QED) is 0.762. The molecule has 0 fully saturated rings. The fraction of sp³-hybridized carbons (Fsp3) is 0.333. The summed E-state index contributed by atoms with van der Waals surface area (Å²) in [7, 11) is 0. The average molecular weight is 234 g/mol. The normalized spacial score (nSPS) is 17.9. The maximum absolute atomic E-state index is 5.79. The number of nitrogens with zero attached hydrogens (tertiary/aromatic N) is 3. The fourth-order valence-electron chi connectivity index (χ4n) is 2.30. The van der Waals surface area contributed by atoms with Crippen molar-refractivity contribution in [2.75, 3.05) is 0 Å². The van der Waals surface area contributed by atoms with E-state index in [9.17, 15) is 0 Å². The van der Waals surface area contributed by atoms with Crippen LogP contribution in [0.3, 0.4) is 0 Å². The van der Waals surface area contributed by atoms with Crippen LogP contribution in [0.1, 0.15) is 22.9 Å². The SMILES string of the molecule is ClCc1nncn1CC1Cc2ccccc21. The maximum atomic E-state index is 5.79. The molecule has 4 heteroatoms. The molecular formula is C12H12ClN3. The maximum Gasteiger partial charge on any atom is 0.147 e. The molecule has 2 aromatic rings. The van der Waals surface area contributed by atoms with Crippen LogP contribution in [0.25, 0.3) is 0 Å². The van der Waals surface area contributed by atoms with E-state index in [0.29, 0.717) is 11.8 Å². The Hall–Kier alpha value is -1.35. The van der Waals surface area contributed by atoms with Crippen LogP contribution in [0.2, 0.25) is 0 Å². The highest BCUT2D eigenvalue weighted by atomic mass is 35.5. The largest absolute Gasteiger partial charge is 0.316 e. The van der Waals surface area contributed by atoms with E-state index in [0.717, 1.165) is 18.8 Å². The van der Waals surface area contributed by atoms with Gasteiger partial charge in [-0.05, 0) is 17.5 Å². The standard InChI is InChI=1S/C12H12ClN3/c13-6-12-15-14-8-16(12)7-10-5-9-3-1-2-4-11(9)10/h1-4,8,10H,5-7H2. The van der Waals surface area contributed by atoms with Crippen molar-refractivity contribution >= 4 is 11.6 Å². The van der Waals surface area contributed by atoms with Crippen LogP contribution in [-0.2, 0) is 18.8 Å². The fourth-order valence-corrected chi connectivity index (χ4v) is 2.50. The molecule has 0 N–H and O–H groups in total. The van der Waals surface area contributed by atoms with Crippen LogP contribution in [-0.4, -0.2) is 14.8 Å². The molecule has 3 nitrogen and oxygen atoms in total. The Morgan fingerprint density at radius 2 is 2.25 bits per heavy atom. The van der Waals surface area contributed by atoms with Gasteiger partial charge in [0.2, 0.25) is 0 Å². The van der Waals surface area contributed by atoms with E-state index in [4.69, 9.17) is 11.6 Å². The third-order valence-electron chi connectivity index (χ3n) is 3.19. The highest BCUT2D eigenvalue weighted by Crippen LogP contribution is 2.35. The summed E-state index contributed by atoms with van der Waals surface area (Å²) in [6.07, 6.45) is 2.91. The summed E-state index contributed by atoms with van der Waals surface area (Å²) in [6.45, 7) is 0.937. The van der Waals surface area contributed by atoms with Gasteiger partial charge in [-0.1, -0.05) is 24.3 Å². The summed E-state index contributed by atoms with van der Waals surface area (Å²) in [5.74, 6) is 1.87. The Morgan fingerprint density at radius 3 is 3.06 bits per heavy atom. The number of halogens is 1. The van der Waals surface area contributed by atoms with Crippen LogP contribution in [0.5, 0.6) is 0 Å². The Morgan fingerprint density at radius 1 is 1.38 bits per heavy atom. The molecule has 1 aliphatic rings. The monoisotopic (exact) mass is 233 g/mol. The van der Waals surface area contributed by atoms with Gasteiger partial charge in [-0.15, -0.1) is 21.8 Å². The molecule has 1 aromatic heterocycles. The first-order valence-electron chi connectivity index (χ1n) is 5.39. The molecule has 3 rings (SSSR count). The Kier molecular flexibility index (Phi) is 2.40. The van der Waals surface area contributed by atoms with Crippen molar-refractivity contribution < 1.29 is 0 Å². The lowest BCUT2D eigenvalue weighted by atomic mass is 9.77. The molecule has 1 unspecified atom stereocenters. The molecule has 82 valence electrons. The van der Waals surface area contributed by atoms with Crippen LogP contribution >= 0.6 is 11.6 Å². The van der Waals surface area contributed by atoms with Crippen molar-refractivity contribution in [1.82, 2.24) is 14.8 Å². The second kappa shape index (κ2) is 3.91. The van der Waals surface area contributed by atoms with Crippen molar-refractivity contribution in [2.45, 2.75) is 24.8 Å². The number of hydrogen-bond donors (Lipinski definition) is 0. The van der Waals surface area contributed by atoms with E-state index in [1.165, 1.54) is 11.1 Å². The Balaban J connectivity index is 1.79. The molecule has 0 saturated carbocycles. The van der Waals surface area contributed by atoms with Crippen molar-refractivity contribution in [3.8, 4) is 0 Å². The molecular weight excluding hydrogens is 222 g/mol. The summed E-state index contributed by atoms with van der Waals surface area (Å²) in [5, 5.41) is 7.87. The molecule has 0 aliphatic heterocycles. The van der Waals surface area contributed by atoms with E-state index in [-0.39, 0.29) is 0 Å². The Labute approximate surface area is 99.1 Å². The number of aromatic nitrogens is 3. The summed E-state index contributed by atoms with van der Waals surface area (Å²) in [6, 6.07) is 8.59. The number of fused-ring (bicyclic) bond motifs is 1. The minimum Gasteiger partial charge on any atom is -0.316 e. The molecule has 0 radical (unpaired) electrons. The average Bonchev–Trinajstić information content (AvgIpc) is 2.73. The predicted molar refractivity (Wildman–Crippen MR) is 62.5 cm³/mol. The first-order valence-corrected chi connectivity index (χ1v) is 5.92. The van der Waals surface area contributed by atoms with E-state index in [1.54, 1.807) is 6.33 Å². The van der Waals surface area contributed by atoms with E-state index < -0.39 is 0 Å². The lowest BCUT2D eigenvalue weighted by molar-refractivity contribution is 0.499. The van der Waals surface area contributed by atoms with Gasteiger partial charge in [0.05, 0.1) is 5.88 Å². The topological polar surface area (TPSA) is 30.7 Å². The van der Waals surface area contributed by atoms with Crippen LogP contribution in [0.15, 0.2) is 30.6 Å². The lowest BCUT2D eigenvalue weighted by Crippen LogP contribution is -2.22. The first kappa shape index (κ1) is 9.85. The van der Waals surface area contributed by atoms with Gasteiger partial charge in [-0.2, -0.15) is 0 Å². The first-order chi connectivity index (χ1) is 7.88. The zero-order valence-corrected chi connectivity index (χ0v) is 9.56. The minimum absolute atomic E-state index is 0.425.